The predicted molar refractivity (Wildman–Crippen MR) is 123 cm³/mol. The lowest BCUT2D eigenvalue weighted by molar-refractivity contribution is -0.137. The summed E-state index contributed by atoms with van der Waals surface area (Å²) in [5.74, 6) is 3.33. The second-order valence-corrected chi connectivity index (χ2v) is 9.48. The number of aromatic amines is 1. The van der Waals surface area contributed by atoms with Gasteiger partial charge in [0.15, 0.2) is 5.65 Å². The van der Waals surface area contributed by atoms with E-state index in [1.807, 2.05) is 13.8 Å². The van der Waals surface area contributed by atoms with E-state index in [0.717, 1.165) is 63.6 Å². The lowest BCUT2D eigenvalue weighted by Crippen LogP contribution is -2.52. The Labute approximate surface area is 187 Å². The molecule has 0 radical (unpaired) electrons. The number of nitrogens with one attached hydrogen (secondary N) is 2. The van der Waals surface area contributed by atoms with Crippen molar-refractivity contribution in [3.8, 4) is 12.3 Å². The van der Waals surface area contributed by atoms with Crippen LogP contribution in [-0.2, 0) is 23.3 Å². The first-order chi connectivity index (χ1) is 15.4. The van der Waals surface area contributed by atoms with Crippen LogP contribution in [0.1, 0.15) is 77.5 Å². The van der Waals surface area contributed by atoms with Gasteiger partial charge < -0.3 is 10.3 Å². The smallest absolute Gasteiger partial charge is 0.332 e. The number of fused-ring (bicyclic) bond motifs is 4. The molecule has 3 fully saturated rings. The zero-order chi connectivity index (χ0) is 22.9. The highest BCUT2D eigenvalue weighted by Crippen LogP contribution is 2.57. The van der Waals surface area contributed by atoms with E-state index in [2.05, 4.69) is 16.2 Å². The molecule has 3 saturated carbocycles. The number of carbonyl (C=O) groups excluding carboxylic acids is 1. The van der Waals surface area contributed by atoms with Crippen LogP contribution in [-0.4, -0.2) is 31.6 Å². The van der Waals surface area contributed by atoms with Gasteiger partial charge in [-0.1, -0.05) is 26.2 Å². The summed E-state index contributed by atoms with van der Waals surface area (Å²) >= 11 is 0. The molecule has 2 aromatic rings. The molecule has 3 aliphatic carbocycles. The van der Waals surface area contributed by atoms with Gasteiger partial charge in [-0.05, 0) is 51.4 Å². The predicted octanol–water partition coefficient (Wildman–Crippen LogP) is 2.44. The lowest BCUT2D eigenvalue weighted by atomic mass is 9.53. The second-order valence-electron chi connectivity index (χ2n) is 9.48. The van der Waals surface area contributed by atoms with E-state index in [9.17, 15) is 14.4 Å². The maximum absolute atomic E-state index is 13.2. The number of unbranched alkanes of at least 4 members (excludes halogenated alkanes) is 1. The van der Waals surface area contributed by atoms with Crippen LogP contribution in [0.15, 0.2) is 9.59 Å². The molecule has 0 spiro atoms. The van der Waals surface area contributed by atoms with E-state index in [-0.39, 0.29) is 34.5 Å². The fraction of sp³-hybridized carbons (Fsp3) is 0.667. The number of carbonyl (C=O) groups is 1. The number of imidazole rings is 1. The Morgan fingerprint density at radius 1 is 1.09 bits per heavy atom. The normalized spacial score (nSPS) is 24.5. The van der Waals surface area contributed by atoms with E-state index in [1.54, 1.807) is 4.57 Å². The van der Waals surface area contributed by atoms with E-state index < -0.39 is 0 Å². The molecular weight excluding hydrogens is 406 g/mol. The number of nitrogens with zero attached hydrogens (tertiary/aromatic N) is 3. The summed E-state index contributed by atoms with van der Waals surface area (Å²) in [7, 11) is 0. The van der Waals surface area contributed by atoms with Crippen molar-refractivity contribution in [2.45, 2.75) is 90.1 Å². The highest BCUT2D eigenvalue weighted by Gasteiger charge is 2.54. The highest BCUT2D eigenvalue weighted by molar-refractivity contribution is 5.83. The molecule has 8 heteroatoms. The van der Waals surface area contributed by atoms with Gasteiger partial charge in [-0.3, -0.25) is 18.7 Å². The largest absolute Gasteiger partial charge is 0.345 e. The molecule has 2 N–H and O–H groups in total. The third-order valence-electron chi connectivity index (χ3n) is 7.63. The maximum Gasteiger partial charge on any atom is 0.332 e. The first kappa shape index (κ1) is 22.4. The van der Waals surface area contributed by atoms with Gasteiger partial charge in [0.05, 0.1) is 6.54 Å². The summed E-state index contributed by atoms with van der Waals surface area (Å²) in [6.07, 6.45) is 12.6. The average Bonchev–Trinajstić information content (AvgIpc) is 3.28. The van der Waals surface area contributed by atoms with Gasteiger partial charge >= 0.3 is 5.69 Å². The molecule has 32 heavy (non-hydrogen) atoms. The third-order valence-corrected chi connectivity index (χ3v) is 7.63. The van der Waals surface area contributed by atoms with Crippen molar-refractivity contribution in [3.05, 3.63) is 26.7 Å². The summed E-state index contributed by atoms with van der Waals surface area (Å²) in [5, 5.41) is 2.87. The minimum atomic E-state index is -0.345. The van der Waals surface area contributed by atoms with Gasteiger partial charge in [-0.25, -0.2) is 9.78 Å². The molecule has 2 heterocycles. The first-order valence-corrected chi connectivity index (χ1v) is 11.9. The third kappa shape index (κ3) is 3.48. The average molecular weight is 440 g/mol. The van der Waals surface area contributed by atoms with Crippen LogP contribution in [0, 0.1) is 17.8 Å². The number of H-pyrrole nitrogens is 1. The van der Waals surface area contributed by atoms with Crippen molar-refractivity contribution in [1.82, 2.24) is 24.4 Å². The van der Waals surface area contributed by atoms with Crippen LogP contribution in [0.3, 0.4) is 0 Å². The SMILES string of the molecule is C#CCNC(=O)C12CCC(c3nc4c([nH]3)c(=O)n(CCCC)c(=O)n4CCC)(CC1)CC2. The van der Waals surface area contributed by atoms with Crippen LogP contribution in [0.25, 0.3) is 11.2 Å². The van der Waals surface area contributed by atoms with Crippen LogP contribution >= 0.6 is 0 Å². The molecule has 1 amide bonds. The van der Waals surface area contributed by atoms with E-state index in [4.69, 9.17) is 11.4 Å². The molecule has 0 aliphatic heterocycles. The summed E-state index contributed by atoms with van der Waals surface area (Å²) in [6.45, 7) is 5.26. The van der Waals surface area contributed by atoms with Gasteiger partial charge in [0.1, 0.15) is 11.3 Å². The van der Waals surface area contributed by atoms with Crippen LogP contribution < -0.4 is 16.6 Å². The Bertz CT molecular complexity index is 1150. The first-order valence-electron chi connectivity index (χ1n) is 11.9. The Hall–Kier alpha value is -2.82. The zero-order valence-corrected chi connectivity index (χ0v) is 19.1. The van der Waals surface area contributed by atoms with Crippen molar-refractivity contribution in [3.63, 3.8) is 0 Å². The molecule has 8 nitrogen and oxygen atoms in total. The highest BCUT2D eigenvalue weighted by atomic mass is 16.2. The van der Waals surface area contributed by atoms with Crippen molar-refractivity contribution in [2.75, 3.05) is 6.54 Å². The van der Waals surface area contributed by atoms with Gasteiger partial charge in [0.2, 0.25) is 5.91 Å². The molecule has 0 atom stereocenters. The lowest BCUT2D eigenvalue weighted by Gasteiger charge is -2.51. The van der Waals surface area contributed by atoms with Crippen molar-refractivity contribution < 1.29 is 4.79 Å². The fourth-order valence-electron chi connectivity index (χ4n) is 5.56. The van der Waals surface area contributed by atoms with E-state index in [1.165, 1.54) is 4.57 Å². The van der Waals surface area contributed by atoms with Crippen LogP contribution in [0.4, 0.5) is 0 Å². The van der Waals surface area contributed by atoms with Gasteiger partial charge in [-0.15, -0.1) is 6.42 Å². The van der Waals surface area contributed by atoms with Crippen molar-refractivity contribution in [2.24, 2.45) is 5.41 Å². The molecule has 5 rings (SSSR count). The van der Waals surface area contributed by atoms with Gasteiger partial charge in [0, 0.05) is 23.9 Å². The molecule has 2 bridgehead atoms. The van der Waals surface area contributed by atoms with Crippen molar-refractivity contribution in [1.29, 1.82) is 0 Å². The summed E-state index contributed by atoms with van der Waals surface area (Å²) < 4.78 is 3.00. The monoisotopic (exact) mass is 439 g/mol. The van der Waals surface area contributed by atoms with Gasteiger partial charge in [-0.2, -0.15) is 0 Å². The quantitative estimate of drug-likeness (QED) is 0.617. The van der Waals surface area contributed by atoms with Crippen LogP contribution in [0.5, 0.6) is 0 Å². The molecule has 0 unspecified atom stereocenters. The molecule has 3 aliphatic rings. The number of rotatable bonds is 8. The minimum Gasteiger partial charge on any atom is -0.345 e. The Morgan fingerprint density at radius 3 is 2.38 bits per heavy atom. The summed E-state index contributed by atoms with van der Waals surface area (Å²) in [6, 6.07) is 0. The second kappa shape index (κ2) is 8.61. The molecule has 172 valence electrons. The molecule has 0 saturated heterocycles. The standard InChI is InChI=1S/C24H33N5O3/c1-4-7-16-29-19(30)17-18(28(15-6-3)22(29)32)27-20(26-17)23-8-11-24(12-9-23,13-10-23)21(31)25-14-5-2/h2H,4,6-16H2,1,3H3,(H,25,31)(H,26,27). The number of aromatic nitrogens is 4. The van der Waals surface area contributed by atoms with Gasteiger partial charge in [0.25, 0.3) is 5.56 Å². The topological polar surface area (TPSA) is 102 Å². The summed E-state index contributed by atoms with van der Waals surface area (Å²) in [4.78, 5) is 47.1. The molecular formula is C24H33N5O3. The Balaban J connectivity index is 1.71. The van der Waals surface area contributed by atoms with Crippen LogP contribution in [0.2, 0.25) is 0 Å². The summed E-state index contributed by atoms with van der Waals surface area (Å²) in [5.41, 5.74) is -0.191. The van der Waals surface area contributed by atoms with Crippen molar-refractivity contribution >= 4 is 17.1 Å². The van der Waals surface area contributed by atoms with E-state index in [0.29, 0.717) is 24.3 Å². The Kier molecular flexibility index (Phi) is 6.02. The number of amides is 1. The maximum atomic E-state index is 13.2. The number of terminal acetylenes is 1. The van der Waals surface area contributed by atoms with E-state index >= 15 is 0 Å². The fourth-order valence-corrected chi connectivity index (χ4v) is 5.56. The minimum absolute atomic E-state index is 0.0592. The number of hydrogen-bond acceptors (Lipinski definition) is 4. The zero-order valence-electron chi connectivity index (χ0n) is 19.1. The number of aryl methyl sites for hydroxylation is 1. The number of hydrogen-bond donors (Lipinski definition) is 2. The molecule has 2 aromatic heterocycles. The molecule has 0 aromatic carbocycles. The Morgan fingerprint density at radius 2 is 1.78 bits per heavy atom.